The molecule has 2 aromatic carbocycles. The van der Waals surface area contributed by atoms with Crippen molar-refractivity contribution in [1.82, 2.24) is 0 Å². The van der Waals surface area contributed by atoms with Crippen molar-refractivity contribution in [3.8, 4) is 0 Å². The van der Waals surface area contributed by atoms with E-state index in [-0.39, 0.29) is 5.91 Å². The second-order valence-electron chi connectivity index (χ2n) is 4.39. The molecule has 0 unspecified atom stereocenters. The number of nitrogens with two attached hydrogens (primary N) is 1. The Morgan fingerprint density at radius 3 is 2.85 bits per heavy atom. The van der Waals surface area contributed by atoms with Crippen molar-refractivity contribution in [1.29, 1.82) is 0 Å². The van der Waals surface area contributed by atoms with E-state index in [1.165, 1.54) is 11.8 Å². The molecule has 0 bridgehead atoms. The minimum Gasteiger partial charge on any atom is -0.398 e. The third-order valence-electron chi connectivity index (χ3n) is 2.64. The first-order chi connectivity index (χ1) is 9.54. The standard InChI is InChI=1S/C15H15BrN2OS/c1-10-3-2-4-12(7-10)18-15(19)9-20-14-8-11(16)5-6-13(14)17/h2-8H,9,17H2,1H3,(H,18,19). The lowest BCUT2D eigenvalue weighted by Gasteiger charge is -2.07. The number of amides is 1. The van der Waals surface area contributed by atoms with Gasteiger partial charge in [0.1, 0.15) is 0 Å². The molecule has 0 aliphatic rings. The van der Waals surface area contributed by atoms with Crippen molar-refractivity contribution in [2.75, 3.05) is 16.8 Å². The number of carbonyl (C=O) groups is 1. The van der Waals surface area contributed by atoms with E-state index in [0.717, 1.165) is 20.6 Å². The molecule has 1 amide bonds. The number of rotatable bonds is 4. The molecule has 2 aromatic rings. The van der Waals surface area contributed by atoms with E-state index in [2.05, 4.69) is 21.2 Å². The van der Waals surface area contributed by atoms with Crippen molar-refractivity contribution < 1.29 is 4.79 Å². The van der Waals surface area contributed by atoms with Crippen LogP contribution in [-0.2, 0) is 4.79 Å². The maximum atomic E-state index is 11.9. The van der Waals surface area contributed by atoms with Gasteiger partial charge in [-0.25, -0.2) is 0 Å². The number of carbonyl (C=O) groups excluding carboxylic acids is 1. The molecule has 5 heteroatoms. The minimum atomic E-state index is -0.0417. The average Bonchev–Trinajstić information content (AvgIpc) is 2.40. The fraction of sp³-hybridized carbons (Fsp3) is 0.133. The lowest BCUT2D eigenvalue weighted by atomic mass is 10.2. The molecule has 0 spiro atoms. The molecule has 3 N–H and O–H groups in total. The lowest BCUT2D eigenvalue weighted by Crippen LogP contribution is -2.14. The van der Waals surface area contributed by atoms with Crippen LogP contribution in [0.15, 0.2) is 51.8 Å². The number of hydrogen-bond acceptors (Lipinski definition) is 3. The van der Waals surface area contributed by atoms with Gasteiger partial charge in [0.05, 0.1) is 5.75 Å². The maximum Gasteiger partial charge on any atom is 0.234 e. The molecule has 0 aliphatic carbocycles. The van der Waals surface area contributed by atoms with E-state index in [0.29, 0.717) is 11.4 Å². The fourth-order valence-corrected chi connectivity index (χ4v) is 3.01. The number of aryl methyl sites for hydroxylation is 1. The zero-order valence-corrected chi connectivity index (χ0v) is 13.4. The SMILES string of the molecule is Cc1cccc(NC(=O)CSc2cc(Br)ccc2N)c1. The average molecular weight is 351 g/mol. The Hall–Kier alpha value is -1.46. The third kappa shape index (κ3) is 4.28. The molecule has 20 heavy (non-hydrogen) atoms. The normalized spacial score (nSPS) is 10.3. The van der Waals surface area contributed by atoms with Gasteiger partial charge in [-0.05, 0) is 42.8 Å². The molecule has 0 radical (unpaired) electrons. The van der Waals surface area contributed by atoms with Crippen LogP contribution in [0.4, 0.5) is 11.4 Å². The smallest absolute Gasteiger partial charge is 0.234 e. The molecule has 0 heterocycles. The van der Waals surface area contributed by atoms with Gasteiger partial charge in [0.2, 0.25) is 5.91 Å². The highest BCUT2D eigenvalue weighted by molar-refractivity contribution is 9.10. The molecule has 104 valence electrons. The number of nitrogen functional groups attached to an aromatic ring is 1. The van der Waals surface area contributed by atoms with Gasteiger partial charge in [-0.1, -0.05) is 28.1 Å². The highest BCUT2D eigenvalue weighted by Gasteiger charge is 2.06. The van der Waals surface area contributed by atoms with Gasteiger partial charge in [0, 0.05) is 20.7 Å². The quantitative estimate of drug-likeness (QED) is 0.645. The molecule has 0 aromatic heterocycles. The summed E-state index contributed by atoms with van der Waals surface area (Å²) >= 11 is 4.82. The predicted molar refractivity (Wildman–Crippen MR) is 89.1 cm³/mol. The first-order valence-electron chi connectivity index (χ1n) is 6.09. The minimum absolute atomic E-state index is 0.0417. The first-order valence-corrected chi connectivity index (χ1v) is 7.87. The van der Waals surface area contributed by atoms with Gasteiger partial charge in [-0.15, -0.1) is 11.8 Å². The maximum absolute atomic E-state index is 11.9. The zero-order valence-electron chi connectivity index (χ0n) is 11.0. The van der Waals surface area contributed by atoms with Crippen LogP contribution in [0.1, 0.15) is 5.56 Å². The van der Waals surface area contributed by atoms with E-state index in [1.807, 2.05) is 49.4 Å². The van der Waals surface area contributed by atoms with E-state index in [1.54, 1.807) is 0 Å². The molecule has 0 saturated heterocycles. The van der Waals surface area contributed by atoms with Crippen molar-refractivity contribution in [3.05, 3.63) is 52.5 Å². The van der Waals surface area contributed by atoms with Crippen LogP contribution in [0.3, 0.4) is 0 Å². The summed E-state index contributed by atoms with van der Waals surface area (Å²) in [5.74, 6) is 0.286. The van der Waals surface area contributed by atoms with Crippen LogP contribution in [-0.4, -0.2) is 11.7 Å². The largest absolute Gasteiger partial charge is 0.398 e. The van der Waals surface area contributed by atoms with Crippen LogP contribution in [0.5, 0.6) is 0 Å². The van der Waals surface area contributed by atoms with Gasteiger partial charge in [-0.2, -0.15) is 0 Å². The van der Waals surface area contributed by atoms with Crippen LogP contribution in [0.2, 0.25) is 0 Å². The predicted octanol–water partition coefficient (Wildman–Crippen LogP) is 4.07. The zero-order chi connectivity index (χ0) is 14.5. The second-order valence-corrected chi connectivity index (χ2v) is 6.32. The first kappa shape index (κ1) is 14.9. The van der Waals surface area contributed by atoms with Gasteiger partial charge in [0.25, 0.3) is 0 Å². The fourth-order valence-electron chi connectivity index (χ4n) is 1.70. The summed E-state index contributed by atoms with van der Waals surface area (Å²) < 4.78 is 0.952. The van der Waals surface area contributed by atoms with Crippen molar-refractivity contribution in [3.63, 3.8) is 0 Å². The summed E-state index contributed by atoms with van der Waals surface area (Å²) in [4.78, 5) is 12.8. The van der Waals surface area contributed by atoms with E-state index in [9.17, 15) is 4.79 Å². The summed E-state index contributed by atoms with van der Waals surface area (Å²) in [6.45, 7) is 1.99. The molecule has 0 fully saturated rings. The highest BCUT2D eigenvalue weighted by atomic mass is 79.9. The molecule has 2 rings (SSSR count). The Morgan fingerprint density at radius 2 is 2.10 bits per heavy atom. The van der Waals surface area contributed by atoms with Gasteiger partial charge in [-0.3, -0.25) is 4.79 Å². The topological polar surface area (TPSA) is 55.1 Å². The van der Waals surface area contributed by atoms with E-state index < -0.39 is 0 Å². The van der Waals surface area contributed by atoms with Crippen LogP contribution in [0, 0.1) is 6.92 Å². The second kappa shape index (κ2) is 6.81. The van der Waals surface area contributed by atoms with Crippen molar-refractivity contribution >= 4 is 45.0 Å². The number of thioether (sulfide) groups is 1. The summed E-state index contributed by atoms with van der Waals surface area (Å²) in [7, 11) is 0. The highest BCUT2D eigenvalue weighted by Crippen LogP contribution is 2.28. The molecule has 0 atom stereocenters. The number of halogens is 1. The summed E-state index contributed by atoms with van der Waals surface area (Å²) in [5, 5.41) is 2.87. The van der Waals surface area contributed by atoms with Crippen molar-refractivity contribution in [2.24, 2.45) is 0 Å². The summed E-state index contributed by atoms with van der Waals surface area (Å²) in [6.07, 6.45) is 0. The Bertz CT molecular complexity index is 631. The van der Waals surface area contributed by atoms with Gasteiger partial charge in [0.15, 0.2) is 0 Å². The molecule has 0 aliphatic heterocycles. The van der Waals surface area contributed by atoms with Crippen LogP contribution < -0.4 is 11.1 Å². The Labute approximate surface area is 131 Å². The van der Waals surface area contributed by atoms with Crippen LogP contribution >= 0.6 is 27.7 Å². The number of hydrogen-bond donors (Lipinski definition) is 2. The van der Waals surface area contributed by atoms with E-state index >= 15 is 0 Å². The van der Waals surface area contributed by atoms with Crippen LogP contribution in [0.25, 0.3) is 0 Å². The Balaban J connectivity index is 1.94. The Kier molecular flexibility index (Phi) is 5.09. The third-order valence-corrected chi connectivity index (χ3v) is 4.20. The molecular formula is C15H15BrN2OS. The summed E-state index contributed by atoms with van der Waals surface area (Å²) in [6, 6.07) is 13.4. The Morgan fingerprint density at radius 1 is 1.30 bits per heavy atom. The van der Waals surface area contributed by atoms with E-state index in [4.69, 9.17) is 5.73 Å². The molecule has 3 nitrogen and oxygen atoms in total. The number of benzene rings is 2. The summed E-state index contributed by atoms with van der Waals surface area (Å²) in [5.41, 5.74) is 8.49. The molecule has 0 saturated carbocycles. The molecular weight excluding hydrogens is 336 g/mol. The number of anilines is 2. The van der Waals surface area contributed by atoms with Gasteiger partial charge < -0.3 is 11.1 Å². The monoisotopic (exact) mass is 350 g/mol. The van der Waals surface area contributed by atoms with Gasteiger partial charge >= 0.3 is 0 Å². The lowest BCUT2D eigenvalue weighted by molar-refractivity contribution is -0.113. The van der Waals surface area contributed by atoms with Crippen molar-refractivity contribution in [2.45, 2.75) is 11.8 Å². The number of nitrogens with one attached hydrogen (secondary N) is 1.